The number of carboxylic acid groups (broad SMARTS) is 1. The van der Waals surface area contributed by atoms with Gasteiger partial charge in [0.05, 0.1) is 4.90 Å². The molecule has 14 heteroatoms. The van der Waals surface area contributed by atoms with E-state index in [1.165, 1.54) is 36.4 Å². The lowest BCUT2D eigenvalue weighted by atomic mass is 9.99. The summed E-state index contributed by atoms with van der Waals surface area (Å²) in [5.41, 5.74) is 9.02. The van der Waals surface area contributed by atoms with Crippen LogP contribution in [0, 0.1) is 0 Å². The second kappa shape index (κ2) is 13.2. The maximum Gasteiger partial charge on any atom is 0.345 e. The summed E-state index contributed by atoms with van der Waals surface area (Å²) in [6.07, 6.45) is 0.918. The van der Waals surface area contributed by atoms with Gasteiger partial charge in [0.15, 0.2) is 28.1 Å². The van der Waals surface area contributed by atoms with Crippen LogP contribution >= 0.6 is 11.6 Å². The fourth-order valence-electron chi connectivity index (χ4n) is 3.60. The molecule has 2 rings (SSSR count). The zero-order chi connectivity index (χ0) is 28.5. The molecule has 0 spiro atoms. The number of aliphatic imine (C=N–C) groups is 1. The van der Waals surface area contributed by atoms with E-state index < -0.39 is 39.9 Å². The molecule has 0 heterocycles. The Hall–Kier alpha value is -3.68. The van der Waals surface area contributed by atoms with Gasteiger partial charge in [-0.25, -0.2) is 18.1 Å². The molecule has 0 unspecified atom stereocenters. The molecule has 0 aliphatic rings. The topological polar surface area (TPSA) is 194 Å². The van der Waals surface area contributed by atoms with Crippen LogP contribution in [0.3, 0.4) is 0 Å². The summed E-state index contributed by atoms with van der Waals surface area (Å²) in [6.45, 7) is 0.364. The molecule has 0 radical (unpaired) electrons. The molecule has 0 saturated carbocycles. The average molecular weight is 568 g/mol. The Bertz CT molecular complexity index is 1280. The van der Waals surface area contributed by atoms with Crippen LogP contribution in [-0.4, -0.2) is 67.2 Å². The fraction of sp³-hybridized carbons (Fsp3) is 0.333. The Morgan fingerprint density at radius 3 is 2.21 bits per heavy atom. The van der Waals surface area contributed by atoms with E-state index in [-0.39, 0.29) is 36.8 Å². The van der Waals surface area contributed by atoms with Gasteiger partial charge < -0.3 is 21.3 Å². The minimum atomic E-state index is -3.43. The molecule has 0 bridgehead atoms. The summed E-state index contributed by atoms with van der Waals surface area (Å²) in [5.74, 6) is -3.14. The van der Waals surface area contributed by atoms with Crippen molar-refractivity contribution in [3.05, 3.63) is 59.1 Å². The molecule has 0 saturated heterocycles. The van der Waals surface area contributed by atoms with E-state index in [2.05, 4.69) is 10.3 Å². The van der Waals surface area contributed by atoms with E-state index in [4.69, 9.17) is 27.8 Å². The first kappa shape index (κ1) is 30.5. The van der Waals surface area contributed by atoms with Crippen LogP contribution in [0.2, 0.25) is 5.02 Å². The van der Waals surface area contributed by atoms with Crippen LogP contribution in [0.4, 0.5) is 0 Å². The third-order valence-electron chi connectivity index (χ3n) is 5.40. The number of guanidine groups is 1. The zero-order valence-electron chi connectivity index (χ0n) is 20.9. The van der Waals surface area contributed by atoms with Crippen molar-refractivity contribution >= 4 is 45.2 Å². The van der Waals surface area contributed by atoms with Crippen molar-refractivity contribution < 1.29 is 32.6 Å². The number of carbonyl (C=O) groups is 3. The number of benzene rings is 2. The van der Waals surface area contributed by atoms with Gasteiger partial charge in [-0.1, -0.05) is 23.7 Å². The fourth-order valence-corrected chi connectivity index (χ4v) is 4.36. The lowest BCUT2D eigenvalue weighted by molar-refractivity contribution is -0.170. The van der Waals surface area contributed by atoms with Crippen molar-refractivity contribution in [2.45, 2.75) is 36.9 Å². The van der Waals surface area contributed by atoms with Crippen LogP contribution < -0.4 is 21.5 Å². The zero-order valence-corrected chi connectivity index (χ0v) is 22.5. The van der Waals surface area contributed by atoms with Gasteiger partial charge in [0, 0.05) is 31.3 Å². The molecule has 1 atom stereocenters. The second-order valence-electron chi connectivity index (χ2n) is 8.34. The lowest BCUT2D eigenvalue weighted by Crippen LogP contribution is -2.67. The molecule has 0 aliphatic carbocycles. The van der Waals surface area contributed by atoms with Crippen molar-refractivity contribution in [2.75, 3.05) is 19.4 Å². The molecule has 2 aromatic carbocycles. The third-order valence-corrected chi connectivity index (χ3v) is 6.78. The SMILES string of the molecule is CC(=O)N(C(=O)COc1ccc(Cl)cc1)[C@](CCCN=C(N)N)(NCc1ccc(S(C)(=O)=O)cc1)C(=O)O. The number of carboxylic acids is 1. The number of nitrogens with zero attached hydrogens (tertiary/aromatic N) is 2. The molecule has 12 nitrogen and oxygen atoms in total. The van der Waals surface area contributed by atoms with Gasteiger partial charge >= 0.3 is 5.97 Å². The molecule has 0 fully saturated rings. The maximum absolute atomic E-state index is 13.2. The minimum Gasteiger partial charge on any atom is -0.484 e. The number of hydrogen-bond acceptors (Lipinski definition) is 8. The Balaban J connectivity index is 2.37. The number of nitrogens with two attached hydrogens (primary N) is 2. The predicted molar refractivity (Wildman–Crippen MR) is 141 cm³/mol. The highest BCUT2D eigenvalue weighted by Crippen LogP contribution is 2.23. The molecule has 2 amide bonds. The van der Waals surface area contributed by atoms with E-state index in [9.17, 15) is 27.9 Å². The number of halogens is 1. The van der Waals surface area contributed by atoms with Gasteiger partial charge in [-0.3, -0.25) is 19.9 Å². The molecule has 0 aromatic heterocycles. The Morgan fingerprint density at radius 1 is 1.11 bits per heavy atom. The first-order valence-corrected chi connectivity index (χ1v) is 13.6. The van der Waals surface area contributed by atoms with E-state index in [1.54, 1.807) is 12.1 Å². The van der Waals surface area contributed by atoms with Crippen molar-refractivity contribution in [1.82, 2.24) is 10.2 Å². The Labute approximate surface area is 225 Å². The summed E-state index contributed by atoms with van der Waals surface area (Å²) in [7, 11) is -3.43. The maximum atomic E-state index is 13.2. The van der Waals surface area contributed by atoms with Crippen molar-refractivity contribution in [3.8, 4) is 5.75 Å². The summed E-state index contributed by atoms with van der Waals surface area (Å²) in [5, 5.41) is 13.6. The number of sulfone groups is 1. The largest absolute Gasteiger partial charge is 0.484 e. The van der Waals surface area contributed by atoms with E-state index in [1.807, 2.05) is 0 Å². The molecule has 2 aromatic rings. The highest BCUT2D eigenvalue weighted by Gasteiger charge is 2.48. The smallest absolute Gasteiger partial charge is 0.345 e. The van der Waals surface area contributed by atoms with Crippen LogP contribution in [0.15, 0.2) is 58.4 Å². The number of hydrogen-bond donors (Lipinski definition) is 4. The number of rotatable bonds is 13. The van der Waals surface area contributed by atoms with Crippen molar-refractivity contribution in [3.63, 3.8) is 0 Å². The molecule has 206 valence electrons. The second-order valence-corrected chi connectivity index (χ2v) is 10.8. The molecule has 6 N–H and O–H groups in total. The quantitative estimate of drug-likeness (QED) is 0.118. The Kier molecular flexibility index (Phi) is 10.6. The first-order valence-electron chi connectivity index (χ1n) is 11.3. The highest BCUT2D eigenvalue weighted by molar-refractivity contribution is 7.90. The van der Waals surface area contributed by atoms with Gasteiger partial charge in [0.25, 0.3) is 5.91 Å². The first-order chi connectivity index (χ1) is 17.8. The summed E-state index contributed by atoms with van der Waals surface area (Å²) >= 11 is 5.85. The third kappa shape index (κ3) is 8.43. The number of carbonyl (C=O) groups excluding carboxylic acids is 2. The van der Waals surface area contributed by atoms with Crippen LogP contribution in [-0.2, 0) is 30.8 Å². The summed E-state index contributed by atoms with van der Waals surface area (Å²) < 4.78 is 28.9. The van der Waals surface area contributed by atoms with E-state index in [0.717, 1.165) is 13.2 Å². The number of ether oxygens (including phenoxy) is 1. The lowest BCUT2D eigenvalue weighted by Gasteiger charge is -2.39. The van der Waals surface area contributed by atoms with Gasteiger partial charge in [0.2, 0.25) is 5.91 Å². The van der Waals surface area contributed by atoms with Crippen molar-refractivity contribution in [1.29, 1.82) is 0 Å². The minimum absolute atomic E-state index is 0.0450. The summed E-state index contributed by atoms with van der Waals surface area (Å²) in [4.78, 5) is 43.1. The predicted octanol–water partition coefficient (Wildman–Crippen LogP) is 1.12. The number of imide groups is 1. The monoisotopic (exact) mass is 567 g/mol. The van der Waals surface area contributed by atoms with Gasteiger partial charge in [-0.05, 0) is 54.8 Å². The number of nitrogens with one attached hydrogen (secondary N) is 1. The number of aliphatic carboxylic acids is 1. The molecule has 0 aliphatic heterocycles. The highest BCUT2D eigenvalue weighted by atomic mass is 35.5. The standard InChI is InChI=1S/C24H30ClN5O7S/c1-16(31)30(21(32)15-37-19-8-6-18(25)7-9-19)24(22(33)34,12-3-13-28-23(26)27)29-14-17-4-10-20(11-5-17)38(2,35)36/h4-11,29H,3,12-15H2,1-2H3,(H,33,34)(H4,26,27,28)/t24-/m0/s1. The van der Waals surface area contributed by atoms with Gasteiger partial charge in [0.1, 0.15) is 5.75 Å². The van der Waals surface area contributed by atoms with Crippen LogP contribution in [0.5, 0.6) is 5.75 Å². The molecule has 38 heavy (non-hydrogen) atoms. The average Bonchev–Trinajstić information content (AvgIpc) is 2.83. The molecular weight excluding hydrogens is 538 g/mol. The van der Waals surface area contributed by atoms with Gasteiger partial charge in [-0.15, -0.1) is 0 Å². The van der Waals surface area contributed by atoms with Crippen LogP contribution in [0.25, 0.3) is 0 Å². The van der Waals surface area contributed by atoms with Gasteiger partial charge in [-0.2, -0.15) is 0 Å². The summed E-state index contributed by atoms with van der Waals surface area (Å²) in [6, 6.07) is 11.9. The Morgan fingerprint density at radius 2 is 1.71 bits per heavy atom. The van der Waals surface area contributed by atoms with Crippen molar-refractivity contribution in [2.24, 2.45) is 16.5 Å². The normalized spacial score (nSPS) is 12.7. The number of amides is 2. The van der Waals surface area contributed by atoms with E-state index in [0.29, 0.717) is 21.2 Å². The van der Waals surface area contributed by atoms with Crippen LogP contribution in [0.1, 0.15) is 25.3 Å². The van der Waals surface area contributed by atoms with E-state index >= 15 is 0 Å². The molecular formula is C24H30ClN5O7S.